The van der Waals surface area contributed by atoms with Crippen molar-refractivity contribution in [1.29, 1.82) is 0 Å². The molecule has 0 atom stereocenters. The molecule has 1 fully saturated rings. The Kier molecular flexibility index (Phi) is 5.15. The summed E-state index contributed by atoms with van der Waals surface area (Å²) >= 11 is 0. The van der Waals surface area contributed by atoms with E-state index >= 15 is 0 Å². The minimum atomic E-state index is -0.241. The van der Waals surface area contributed by atoms with Crippen molar-refractivity contribution in [3.63, 3.8) is 0 Å². The fourth-order valence-electron chi connectivity index (χ4n) is 3.85. The number of carbonyl (C=O) groups is 1. The maximum atomic E-state index is 13.5. The minimum Gasteiger partial charge on any atom is -0.493 e. The van der Waals surface area contributed by atoms with Gasteiger partial charge in [-0.3, -0.25) is 4.79 Å². The average molecular weight is 423 g/mol. The van der Waals surface area contributed by atoms with Crippen molar-refractivity contribution in [1.82, 2.24) is 14.8 Å². The summed E-state index contributed by atoms with van der Waals surface area (Å²) in [5, 5.41) is 8.61. The number of nitrogens with zero attached hydrogens (tertiary/aromatic N) is 3. The Bertz CT molecular complexity index is 1170. The SMILES string of the molecule is COc1cc(C)c(NC(=O)c2cc(C3CC3)nc3c2c(C)nn3C(C)(C)C)cc1OC. The number of aryl methyl sites for hydroxylation is 2. The normalized spacial score (nSPS) is 14.0. The first-order chi connectivity index (χ1) is 14.6. The Labute approximate surface area is 182 Å². The van der Waals surface area contributed by atoms with Crippen LogP contribution in [0.2, 0.25) is 0 Å². The summed E-state index contributed by atoms with van der Waals surface area (Å²) in [6, 6.07) is 5.58. The van der Waals surface area contributed by atoms with Gasteiger partial charge in [-0.2, -0.15) is 5.10 Å². The molecule has 2 aromatic heterocycles. The lowest BCUT2D eigenvalue weighted by atomic mass is 10.1. The third-order valence-electron chi connectivity index (χ3n) is 5.69. The third-order valence-corrected chi connectivity index (χ3v) is 5.69. The molecule has 0 bridgehead atoms. The summed E-state index contributed by atoms with van der Waals surface area (Å²) in [7, 11) is 3.18. The first-order valence-electron chi connectivity index (χ1n) is 10.6. The number of hydrogen-bond donors (Lipinski definition) is 1. The highest BCUT2D eigenvalue weighted by Gasteiger charge is 2.30. The van der Waals surface area contributed by atoms with Gasteiger partial charge in [-0.15, -0.1) is 0 Å². The third kappa shape index (κ3) is 3.84. The summed E-state index contributed by atoms with van der Waals surface area (Å²) in [5.74, 6) is 1.44. The van der Waals surface area contributed by atoms with E-state index in [0.717, 1.165) is 40.8 Å². The van der Waals surface area contributed by atoms with E-state index in [1.54, 1.807) is 20.3 Å². The van der Waals surface area contributed by atoms with Crippen molar-refractivity contribution >= 4 is 22.6 Å². The van der Waals surface area contributed by atoms with Gasteiger partial charge in [0.1, 0.15) is 0 Å². The summed E-state index contributed by atoms with van der Waals surface area (Å²) in [6.45, 7) is 10.1. The van der Waals surface area contributed by atoms with Gasteiger partial charge in [-0.25, -0.2) is 9.67 Å². The second-order valence-corrected chi connectivity index (χ2v) is 9.21. The number of benzene rings is 1. The highest BCUT2D eigenvalue weighted by molar-refractivity contribution is 6.13. The quantitative estimate of drug-likeness (QED) is 0.629. The molecule has 164 valence electrons. The molecule has 1 amide bonds. The second-order valence-electron chi connectivity index (χ2n) is 9.21. The number of hydrogen-bond acceptors (Lipinski definition) is 5. The lowest BCUT2D eigenvalue weighted by Gasteiger charge is -2.20. The van der Waals surface area contributed by atoms with E-state index in [9.17, 15) is 4.79 Å². The predicted octanol–water partition coefficient (Wildman–Crippen LogP) is 4.95. The van der Waals surface area contributed by atoms with E-state index in [0.29, 0.717) is 28.7 Å². The molecule has 1 saturated carbocycles. The molecule has 1 aliphatic carbocycles. The van der Waals surface area contributed by atoms with E-state index in [4.69, 9.17) is 19.6 Å². The average Bonchev–Trinajstić information content (AvgIpc) is 3.51. The molecule has 0 unspecified atom stereocenters. The number of ether oxygens (including phenoxy) is 2. The number of nitrogens with one attached hydrogen (secondary N) is 1. The molecule has 7 nitrogen and oxygen atoms in total. The second kappa shape index (κ2) is 7.55. The Morgan fingerprint density at radius 1 is 1.10 bits per heavy atom. The van der Waals surface area contributed by atoms with Crippen molar-refractivity contribution in [2.24, 2.45) is 0 Å². The Morgan fingerprint density at radius 2 is 1.74 bits per heavy atom. The maximum Gasteiger partial charge on any atom is 0.256 e. The molecule has 1 N–H and O–H groups in total. The fourth-order valence-corrected chi connectivity index (χ4v) is 3.85. The lowest BCUT2D eigenvalue weighted by Crippen LogP contribution is -2.24. The summed E-state index contributed by atoms with van der Waals surface area (Å²) < 4.78 is 12.7. The summed E-state index contributed by atoms with van der Waals surface area (Å²) in [4.78, 5) is 18.4. The summed E-state index contributed by atoms with van der Waals surface area (Å²) in [5.41, 5.74) is 4.47. The molecular weight excluding hydrogens is 392 g/mol. The molecule has 0 saturated heterocycles. The fraction of sp³-hybridized carbons (Fsp3) is 0.458. The molecule has 7 heteroatoms. The zero-order valence-electron chi connectivity index (χ0n) is 19.3. The van der Waals surface area contributed by atoms with E-state index in [2.05, 4.69) is 26.1 Å². The van der Waals surface area contributed by atoms with Crippen molar-refractivity contribution in [2.75, 3.05) is 19.5 Å². The molecule has 31 heavy (non-hydrogen) atoms. The standard InChI is InChI=1S/C24H30N4O3/c1-13-10-19(30-6)20(31-7)12-17(13)26-23(29)16-11-18(15-8-9-15)25-22-21(16)14(2)27-28(22)24(3,4)5/h10-12,15H,8-9H2,1-7H3,(H,26,29). The van der Waals surface area contributed by atoms with E-state index in [1.807, 2.05) is 30.7 Å². The van der Waals surface area contributed by atoms with Crippen LogP contribution in [0.3, 0.4) is 0 Å². The Balaban J connectivity index is 1.82. The highest BCUT2D eigenvalue weighted by Crippen LogP contribution is 2.41. The number of methoxy groups -OCH3 is 2. The molecule has 0 aliphatic heterocycles. The van der Waals surface area contributed by atoms with Crippen LogP contribution in [0.25, 0.3) is 11.0 Å². The van der Waals surface area contributed by atoms with Crippen molar-refractivity contribution in [3.05, 3.63) is 40.7 Å². The van der Waals surface area contributed by atoms with E-state index < -0.39 is 0 Å². The van der Waals surface area contributed by atoms with Crippen molar-refractivity contribution in [2.45, 2.75) is 58.9 Å². The van der Waals surface area contributed by atoms with Gasteiger partial charge in [-0.05, 0) is 65.2 Å². The molecule has 3 aromatic rings. The monoisotopic (exact) mass is 422 g/mol. The first kappa shape index (κ1) is 21.2. The number of fused-ring (bicyclic) bond motifs is 1. The van der Waals surface area contributed by atoms with Gasteiger partial charge >= 0.3 is 0 Å². The van der Waals surface area contributed by atoms with Crippen LogP contribution in [0, 0.1) is 13.8 Å². The maximum absolute atomic E-state index is 13.5. The smallest absolute Gasteiger partial charge is 0.256 e. The Hall–Kier alpha value is -3.09. The van der Waals surface area contributed by atoms with Gasteiger partial charge in [0, 0.05) is 23.4 Å². The van der Waals surface area contributed by atoms with Crippen LogP contribution in [0.15, 0.2) is 18.2 Å². The number of amides is 1. The van der Waals surface area contributed by atoms with Crippen LogP contribution in [-0.2, 0) is 5.54 Å². The first-order valence-corrected chi connectivity index (χ1v) is 10.6. The number of carbonyl (C=O) groups excluding carboxylic acids is 1. The number of rotatable bonds is 5. The van der Waals surface area contributed by atoms with Gasteiger partial charge in [0.05, 0.1) is 36.4 Å². The van der Waals surface area contributed by atoms with Crippen LogP contribution in [0.5, 0.6) is 11.5 Å². The van der Waals surface area contributed by atoms with Crippen LogP contribution in [0.4, 0.5) is 5.69 Å². The molecule has 2 heterocycles. The molecule has 1 aliphatic rings. The van der Waals surface area contributed by atoms with Gasteiger partial charge in [-0.1, -0.05) is 0 Å². The zero-order chi connectivity index (χ0) is 22.5. The topological polar surface area (TPSA) is 78.3 Å². The highest BCUT2D eigenvalue weighted by atomic mass is 16.5. The molecule has 1 aromatic carbocycles. The molecule has 0 spiro atoms. The van der Waals surface area contributed by atoms with E-state index in [1.165, 1.54) is 0 Å². The number of pyridine rings is 1. The Morgan fingerprint density at radius 3 is 2.32 bits per heavy atom. The molecule has 0 radical (unpaired) electrons. The number of anilines is 1. The summed E-state index contributed by atoms with van der Waals surface area (Å²) in [6.07, 6.45) is 2.22. The van der Waals surface area contributed by atoms with E-state index in [-0.39, 0.29) is 11.4 Å². The van der Waals surface area contributed by atoms with Crippen molar-refractivity contribution in [3.8, 4) is 11.5 Å². The van der Waals surface area contributed by atoms with Gasteiger partial charge in [0.15, 0.2) is 17.1 Å². The molecule has 4 rings (SSSR count). The molecular formula is C24H30N4O3. The van der Waals surface area contributed by atoms with Gasteiger partial charge < -0.3 is 14.8 Å². The predicted molar refractivity (Wildman–Crippen MR) is 121 cm³/mol. The van der Waals surface area contributed by atoms with Crippen LogP contribution in [-0.4, -0.2) is 34.9 Å². The van der Waals surface area contributed by atoms with Crippen LogP contribution < -0.4 is 14.8 Å². The van der Waals surface area contributed by atoms with Crippen molar-refractivity contribution < 1.29 is 14.3 Å². The lowest BCUT2D eigenvalue weighted by molar-refractivity contribution is 0.102. The van der Waals surface area contributed by atoms with Gasteiger partial charge in [0.2, 0.25) is 0 Å². The van der Waals surface area contributed by atoms with Crippen LogP contribution in [0.1, 0.15) is 66.8 Å². The zero-order valence-corrected chi connectivity index (χ0v) is 19.3. The number of aromatic nitrogens is 3. The van der Waals surface area contributed by atoms with Crippen LogP contribution >= 0.6 is 0 Å². The minimum absolute atomic E-state index is 0.179. The largest absolute Gasteiger partial charge is 0.493 e. The van der Waals surface area contributed by atoms with Gasteiger partial charge in [0.25, 0.3) is 5.91 Å².